The van der Waals surface area contributed by atoms with Gasteiger partial charge in [-0.15, -0.1) is 0 Å². The molecule has 4 nitrogen and oxygen atoms in total. The van der Waals surface area contributed by atoms with Crippen LogP contribution in [0.3, 0.4) is 0 Å². The predicted octanol–water partition coefficient (Wildman–Crippen LogP) is 0.901. The third kappa shape index (κ3) is 12.1. The van der Waals surface area contributed by atoms with Crippen LogP contribution in [0.4, 0.5) is 0 Å². The molecule has 0 radical (unpaired) electrons. The zero-order valence-electron chi connectivity index (χ0n) is 8.13. The molecule has 0 aromatic heterocycles. The van der Waals surface area contributed by atoms with E-state index in [1.54, 1.807) is 6.92 Å². The maximum atomic E-state index is 9.37. The SMILES string of the molecule is CCC(=O)O.CCC(N)(N)CC. The van der Waals surface area contributed by atoms with Crippen molar-refractivity contribution in [1.82, 2.24) is 0 Å². The first-order valence-corrected chi connectivity index (χ1v) is 4.19. The largest absolute Gasteiger partial charge is 0.481 e. The van der Waals surface area contributed by atoms with Crippen molar-refractivity contribution in [2.45, 2.75) is 45.7 Å². The average molecular weight is 176 g/mol. The number of nitrogens with two attached hydrogens (primary N) is 2. The van der Waals surface area contributed by atoms with E-state index in [-0.39, 0.29) is 6.42 Å². The van der Waals surface area contributed by atoms with Crippen LogP contribution in [0.25, 0.3) is 0 Å². The number of carboxylic acid groups (broad SMARTS) is 1. The van der Waals surface area contributed by atoms with E-state index in [1.807, 2.05) is 13.8 Å². The normalized spacial score (nSPS) is 10.1. The van der Waals surface area contributed by atoms with E-state index in [0.29, 0.717) is 0 Å². The van der Waals surface area contributed by atoms with Crippen molar-refractivity contribution in [2.75, 3.05) is 0 Å². The maximum absolute atomic E-state index is 9.37. The smallest absolute Gasteiger partial charge is 0.303 e. The number of carboxylic acids is 1. The molecule has 74 valence electrons. The van der Waals surface area contributed by atoms with Crippen LogP contribution >= 0.6 is 0 Å². The van der Waals surface area contributed by atoms with Crippen molar-refractivity contribution in [2.24, 2.45) is 11.5 Å². The average Bonchev–Trinajstić information content (AvgIpc) is 2.05. The number of rotatable bonds is 3. The molecule has 0 atom stereocenters. The van der Waals surface area contributed by atoms with Gasteiger partial charge in [-0.1, -0.05) is 20.8 Å². The van der Waals surface area contributed by atoms with Crippen LogP contribution in [0.1, 0.15) is 40.0 Å². The Hall–Kier alpha value is -0.610. The first kappa shape index (κ1) is 13.9. The second kappa shape index (κ2) is 7.06. The van der Waals surface area contributed by atoms with E-state index >= 15 is 0 Å². The molecule has 0 saturated heterocycles. The van der Waals surface area contributed by atoms with E-state index in [4.69, 9.17) is 16.6 Å². The Morgan fingerprint density at radius 3 is 1.50 bits per heavy atom. The summed E-state index contributed by atoms with van der Waals surface area (Å²) in [6.45, 7) is 5.58. The van der Waals surface area contributed by atoms with Gasteiger partial charge in [0.05, 0.1) is 5.66 Å². The van der Waals surface area contributed by atoms with Gasteiger partial charge in [0.2, 0.25) is 0 Å². The Kier molecular flexibility index (Phi) is 8.21. The Labute approximate surface area is 73.9 Å². The number of aliphatic carboxylic acids is 1. The summed E-state index contributed by atoms with van der Waals surface area (Å²) in [5.41, 5.74) is 10.6. The highest BCUT2D eigenvalue weighted by Crippen LogP contribution is 1.99. The fraction of sp³-hybridized carbons (Fsp3) is 0.875. The van der Waals surface area contributed by atoms with Crippen molar-refractivity contribution in [1.29, 1.82) is 0 Å². The van der Waals surface area contributed by atoms with E-state index in [2.05, 4.69) is 0 Å². The maximum Gasteiger partial charge on any atom is 0.303 e. The molecule has 0 bridgehead atoms. The number of carbonyl (C=O) groups is 1. The molecular formula is C8H20N2O2. The first-order valence-electron chi connectivity index (χ1n) is 4.19. The molecule has 0 unspecified atom stereocenters. The number of hydrogen-bond acceptors (Lipinski definition) is 3. The minimum atomic E-state index is -0.745. The molecule has 0 aliphatic heterocycles. The zero-order chi connectivity index (χ0) is 10.2. The standard InChI is InChI=1S/C5H14N2.C3H6O2/c1-3-5(6,7)4-2;1-2-3(4)5/h3-4,6-7H2,1-2H3;2H2,1H3,(H,4,5). The van der Waals surface area contributed by atoms with Gasteiger partial charge in [-0.2, -0.15) is 0 Å². The fourth-order valence-corrected chi connectivity index (χ4v) is 0.250. The van der Waals surface area contributed by atoms with Crippen LogP contribution in [0, 0.1) is 0 Å². The Morgan fingerprint density at radius 2 is 1.50 bits per heavy atom. The Balaban J connectivity index is 0. The summed E-state index contributed by atoms with van der Waals surface area (Å²) in [6, 6.07) is 0. The Bertz CT molecular complexity index is 118. The molecule has 0 heterocycles. The van der Waals surface area contributed by atoms with Gasteiger partial charge in [0.15, 0.2) is 0 Å². The molecule has 0 amide bonds. The van der Waals surface area contributed by atoms with E-state index in [9.17, 15) is 4.79 Å². The minimum Gasteiger partial charge on any atom is -0.481 e. The highest BCUT2D eigenvalue weighted by molar-refractivity contribution is 5.66. The molecule has 0 rings (SSSR count). The molecule has 0 aliphatic carbocycles. The molecule has 0 aromatic carbocycles. The summed E-state index contributed by atoms with van der Waals surface area (Å²) in [6.07, 6.45) is 1.92. The van der Waals surface area contributed by atoms with Gasteiger partial charge in [-0.05, 0) is 12.8 Å². The summed E-state index contributed by atoms with van der Waals surface area (Å²) in [5, 5.41) is 7.72. The molecular weight excluding hydrogens is 156 g/mol. The molecule has 5 N–H and O–H groups in total. The lowest BCUT2D eigenvalue weighted by Crippen LogP contribution is -2.47. The lowest BCUT2D eigenvalue weighted by atomic mass is 10.1. The van der Waals surface area contributed by atoms with E-state index < -0.39 is 11.6 Å². The molecule has 0 fully saturated rings. The zero-order valence-corrected chi connectivity index (χ0v) is 8.13. The lowest BCUT2D eigenvalue weighted by molar-refractivity contribution is -0.136. The van der Waals surface area contributed by atoms with Crippen LogP contribution < -0.4 is 11.5 Å². The van der Waals surface area contributed by atoms with Crippen LogP contribution in [-0.2, 0) is 4.79 Å². The third-order valence-electron chi connectivity index (χ3n) is 1.62. The monoisotopic (exact) mass is 176 g/mol. The molecule has 0 spiro atoms. The molecule has 12 heavy (non-hydrogen) atoms. The molecule has 0 saturated carbocycles. The summed E-state index contributed by atoms with van der Waals surface area (Å²) in [5.74, 6) is -0.745. The van der Waals surface area contributed by atoms with Gasteiger partial charge in [-0.3, -0.25) is 4.79 Å². The van der Waals surface area contributed by atoms with Crippen molar-refractivity contribution < 1.29 is 9.90 Å². The van der Waals surface area contributed by atoms with Gasteiger partial charge in [0.25, 0.3) is 0 Å². The van der Waals surface area contributed by atoms with Gasteiger partial charge in [0.1, 0.15) is 0 Å². The summed E-state index contributed by atoms with van der Waals surface area (Å²) in [7, 11) is 0. The molecule has 0 aromatic rings. The summed E-state index contributed by atoms with van der Waals surface area (Å²) >= 11 is 0. The molecule has 0 aliphatic rings. The second-order valence-corrected chi connectivity index (χ2v) is 2.69. The van der Waals surface area contributed by atoms with E-state index in [0.717, 1.165) is 12.8 Å². The van der Waals surface area contributed by atoms with E-state index in [1.165, 1.54) is 0 Å². The minimum absolute atomic E-state index is 0.222. The fourth-order valence-electron chi connectivity index (χ4n) is 0.250. The molecule has 4 heteroatoms. The summed E-state index contributed by atoms with van der Waals surface area (Å²) < 4.78 is 0. The summed E-state index contributed by atoms with van der Waals surface area (Å²) in [4.78, 5) is 9.37. The van der Waals surface area contributed by atoms with Crippen LogP contribution in [-0.4, -0.2) is 16.7 Å². The predicted molar refractivity (Wildman–Crippen MR) is 49.6 cm³/mol. The second-order valence-electron chi connectivity index (χ2n) is 2.69. The lowest BCUT2D eigenvalue weighted by Gasteiger charge is -2.19. The van der Waals surface area contributed by atoms with Crippen LogP contribution in [0.15, 0.2) is 0 Å². The highest BCUT2D eigenvalue weighted by Gasteiger charge is 2.10. The van der Waals surface area contributed by atoms with Gasteiger partial charge in [0, 0.05) is 6.42 Å². The highest BCUT2D eigenvalue weighted by atomic mass is 16.4. The van der Waals surface area contributed by atoms with Gasteiger partial charge >= 0.3 is 5.97 Å². The first-order chi connectivity index (χ1) is 5.39. The van der Waals surface area contributed by atoms with Crippen molar-refractivity contribution in [3.8, 4) is 0 Å². The Morgan fingerprint density at radius 1 is 1.25 bits per heavy atom. The quantitative estimate of drug-likeness (QED) is 0.557. The van der Waals surface area contributed by atoms with Gasteiger partial charge in [-0.25, -0.2) is 0 Å². The number of hydrogen-bond donors (Lipinski definition) is 3. The van der Waals surface area contributed by atoms with Crippen LogP contribution in [0.5, 0.6) is 0 Å². The third-order valence-corrected chi connectivity index (χ3v) is 1.62. The van der Waals surface area contributed by atoms with Crippen molar-refractivity contribution in [3.05, 3.63) is 0 Å². The van der Waals surface area contributed by atoms with Gasteiger partial charge < -0.3 is 16.6 Å². The van der Waals surface area contributed by atoms with Crippen molar-refractivity contribution in [3.63, 3.8) is 0 Å². The van der Waals surface area contributed by atoms with Crippen LogP contribution in [0.2, 0.25) is 0 Å². The topological polar surface area (TPSA) is 89.3 Å². The van der Waals surface area contributed by atoms with Crippen molar-refractivity contribution >= 4 is 5.97 Å².